The molecule has 4 nitrogen and oxygen atoms in total. The van der Waals surface area contributed by atoms with Gasteiger partial charge in [-0.05, 0) is 57.8 Å². The zero-order chi connectivity index (χ0) is 32.9. The normalized spacial score (nSPS) is 12.2. The first-order valence-electron chi connectivity index (χ1n) is 20.2. The number of hydrogen-bond acceptors (Lipinski definition) is 3. The van der Waals surface area contributed by atoms with Crippen molar-refractivity contribution in [3.05, 3.63) is 12.2 Å². The van der Waals surface area contributed by atoms with Crippen LogP contribution in [0.25, 0.3) is 0 Å². The summed E-state index contributed by atoms with van der Waals surface area (Å²) in [7, 11) is 0. The fraction of sp³-hybridized carbons (Fsp3) is 0.902. The Labute approximate surface area is 281 Å². The third-order valence-corrected chi connectivity index (χ3v) is 9.24. The Morgan fingerprint density at radius 2 is 0.822 bits per heavy atom. The highest BCUT2D eigenvalue weighted by atomic mass is 16.5. The van der Waals surface area contributed by atoms with Crippen LogP contribution in [0.5, 0.6) is 0 Å². The van der Waals surface area contributed by atoms with Crippen molar-refractivity contribution in [1.29, 1.82) is 0 Å². The molecule has 266 valence electrons. The topological polar surface area (TPSA) is 63.6 Å². The number of esters is 1. The first kappa shape index (κ1) is 43.7. The van der Waals surface area contributed by atoms with Crippen LogP contribution in [0, 0.1) is 0 Å². The lowest BCUT2D eigenvalue weighted by Crippen LogP contribution is -2.18. The average Bonchev–Trinajstić information content (AvgIpc) is 3.02. The molecule has 0 heterocycles. The van der Waals surface area contributed by atoms with Crippen molar-refractivity contribution < 1.29 is 19.4 Å². The summed E-state index contributed by atoms with van der Waals surface area (Å²) in [5.74, 6) is -0.710. The molecule has 1 atom stereocenters. The van der Waals surface area contributed by atoms with Crippen molar-refractivity contribution in [2.45, 2.75) is 238 Å². The van der Waals surface area contributed by atoms with Crippen LogP contribution in [0.1, 0.15) is 232 Å². The maximum atomic E-state index is 12.7. The molecule has 0 radical (unpaired) electrons. The maximum absolute atomic E-state index is 12.7. The molecule has 0 saturated heterocycles. The molecule has 0 fully saturated rings. The van der Waals surface area contributed by atoms with Crippen molar-refractivity contribution in [3.63, 3.8) is 0 Å². The van der Waals surface area contributed by atoms with E-state index in [4.69, 9.17) is 9.84 Å². The highest BCUT2D eigenvalue weighted by Crippen LogP contribution is 2.18. The van der Waals surface area contributed by atoms with Gasteiger partial charge < -0.3 is 9.84 Å². The van der Waals surface area contributed by atoms with Crippen LogP contribution in [0.15, 0.2) is 12.2 Å². The number of ether oxygens (including phenoxy) is 1. The Morgan fingerprint density at radius 3 is 1.29 bits per heavy atom. The summed E-state index contributed by atoms with van der Waals surface area (Å²) < 4.78 is 5.99. The molecule has 0 aliphatic rings. The van der Waals surface area contributed by atoms with Crippen LogP contribution in [-0.2, 0) is 14.3 Å². The standard InChI is InChI=1S/C41H78O4/c1-3-5-7-9-11-13-15-17-19-21-23-25-30-34-38-41(44)45-39(36-32-28-26-29-33-37-40(42)43)35-31-27-24-22-20-18-16-14-12-10-8-6-4-2/h22,24,39H,3-21,23,25-38H2,1-2H3,(H,42,43)/b24-22-. The summed E-state index contributed by atoms with van der Waals surface area (Å²) in [6, 6.07) is 0. The van der Waals surface area contributed by atoms with E-state index in [0.717, 1.165) is 70.6 Å². The molecule has 1 N–H and O–H groups in total. The number of rotatable bonds is 37. The van der Waals surface area contributed by atoms with E-state index >= 15 is 0 Å². The summed E-state index contributed by atoms with van der Waals surface area (Å²) in [6.45, 7) is 4.55. The fourth-order valence-corrected chi connectivity index (χ4v) is 6.24. The molecule has 0 spiro atoms. The minimum Gasteiger partial charge on any atom is -0.481 e. The van der Waals surface area contributed by atoms with E-state index in [9.17, 15) is 9.59 Å². The highest BCUT2D eigenvalue weighted by molar-refractivity contribution is 5.69. The number of allylic oxidation sites excluding steroid dienone is 2. The lowest BCUT2D eigenvalue weighted by molar-refractivity contribution is -0.150. The number of carbonyl (C=O) groups is 2. The highest BCUT2D eigenvalue weighted by Gasteiger charge is 2.14. The lowest BCUT2D eigenvalue weighted by atomic mass is 10.0. The van der Waals surface area contributed by atoms with Crippen molar-refractivity contribution >= 4 is 11.9 Å². The Bertz CT molecular complexity index is 643. The SMILES string of the molecule is CCCCCCCCCC/C=C\CCCC(CCCCCCCC(=O)O)OC(=O)CCCCCCCCCCCCCCCC. The molecule has 0 aromatic heterocycles. The average molecular weight is 635 g/mol. The number of unbranched alkanes of at least 4 members (excludes halogenated alkanes) is 26. The molecule has 1 unspecified atom stereocenters. The Kier molecular flexibility index (Phi) is 36.1. The van der Waals surface area contributed by atoms with Crippen LogP contribution < -0.4 is 0 Å². The van der Waals surface area contributed by atoms with Crippen molar-refractivity contribution in [3.8, 4) is 0 Å². The van der Waals surface area contributed by atoms with Crippen LogP contribution in [-0.4, -0.2) is 23.1 Å². The zero-order valence-corrected chi connectivity index (χ0v) is 30.4. The Balaban J connectivity index is 4.05. The van der Waals surface area contributed by atoms with Gasteiger partial charge in [0, 0.05) is 12.8 Å². The smallest absolute Gasteiger partial charge is 0.306 e. The summed E-state index contributed by atoms with van der Waals surface area (Å²) in [5.41, 5.74) is 0. The van der Waals surface area contributed by atoms with E-state index < -0.39 is 5.97 Å². The van der Waals surface area contributed by atoms with Gasteiger partial charge in [0.2, 0.25) is 0 Å². The van der Waals surface area contributed by atoms with Crippen molar-refractivity contribution in [2.75, 3.05) is 0 Å². The van der Waals surface area contributed by atoms with Crippen molar-refractivity contribution in [1.82, 2.24) is 0 Å². The van der Waals surface area contributed by atoms with E-state index in [1.54, 1.807) is 0 Å². The van der Waals surface area contributed by atoms with Gasteiger partial charge in [0.1, 0.15) is 6.10 Å². The van der Waals surface area contributed by atoms with Gasteiger partial charge in [-0.1, -0.05) is 174 Å². The largest absolute Gasteiger partial charge is 0.481 e. The predicted octanol–water partition coefficient (Wildman–Crippen LogP) is 13.8. The number of carbonyl (C=O) groups excluding carboxylic acids is 1. The third-order valence-electron chi connectivity index (χ3n) is 9.24. The predicted molar refractivity (Wildman–Crippen MR) is 195 cm³/mol. The van der Waals surface area contributed by atoms with Crippen LogP contribution in [0.2, 0.25) is 0 Å². The Hall–Kier alpha value is -1.32. The van der Waals surface area contributed by atoms with Gasteiger partial charge in [0.05, 0.1) is 0 Å². The van der Waals surface area contributed by atoms with Gasteiger partial charge in [0.15, 0.2) is 0 Å². The third kappa shape index (κ3) is 37.0. The van der Waals surface area contributed by atoms with Gasteiger partial charge in [-0.2, -0.15) is 0 Å². The Morgan fingerprint density at radius 1 is 0.467 bits per heavy atom. The van der Waals surface area contributed by atoms with Gasteiger partial charge in [-0.15, -0.1) is 0 Å². The summed E-state index contributed by atoms with van der Waals surface area (Å²) in [6.07, 6.45) is 45.2. The quantitative estimate of drug-likeness (QED) is 0.0419. The first-order valence-corrected chi connectivity index (χ1v) is 20.2. The van der Waals surface area contributed by atoms with E-state index in [2.05, 4.69) is 26.0 Å². The van der Waals surface area contributed by atoms with E-state index in [1.807, 2.05) is 0 Å². The molecular weight excluding hydrogens is 556 g/mol. The molecule has 0 saturated carbocycles. The van der Waals surface area contributed by atoms with Gasteiger partial charge in [0.25, 0.3) is 0 Å². The molecule has 0 bridgehead atoms. The number of hydrogen-bond donors (Lipinski definition) is 1. The van der Waals surface area contributed by atoms with Gasteiger partial charge in [-0.25, -0.2) is 0 Å². The summed E-state index contributed by atoms with van der Waals surface area (Å²) in [4.78, 5) is 23.4. The van der Waals surface area contributed by atoms with Crippen LogP contribution in [0.4, 0.5) is 0 Å². The van der Waals surface area contributed by atoms with E-state index in [1.165, 1.54) is 135 Å². The van der Waals surface area contributed by atoms with Crippen LogP contribution in [0.3, 0.4) is 0 Å². The van der Waals surface area contributed by atoms with Gasteiger partial charge in [-0.3, -0.25) is 9.59 Å². The van der Waals surface area contributed by atoms with E-state index in [-0.39, 0.29) is 18.5 Å². The molecule has 0 aromatic carbocycles. The number of aliphatic carboxylic acids is 1. The maximum Gasteiger partial charge on any atom is 0.306 e. The second kappa shape index (κ2) is 37.1. The lowest BCUT2D eigenvalue weighted by Gasteiger charge is -2.18. The molecule has 45 heavy (non-hydrogen) atoms. The molecule has 0 aliphatic carbocycles. The minimum absolute atomic E-state index is 0.00867. The van der Waals surface area contributed by atoms with Gasteiger partial charge >= 0.3 is 11.9 Å². The summed E-state index contributed by atoms with van der Waals surface area (Å²) in [5, 5.41) is 8.82. The minimum atomic E-state index is -0.701. The molecule has 0 aliphatic heterocycles. The van der Waals surface area contributed by atoms with E-state index in [0.29, 0.717) is 6.42 Å². The number of carboxylic acids is 1. The fourth-order valence-electron chi connectivity index (χ4n) is 6.24. The molecular formula is C41H78O4. The summed E-state index contributed by atoms with van der Waals surface area (Å²) >= 11 is 0. The number of carboxylic acid groups (broad SMARTS) is 1. The van der Waals surface area contributed by atoms with Crippen molar-refractivity contribution in [2.24, 2.45) is 0 Å². The first-order chi connectivity index (χ1) is 22.1. The molecule has 4 heteroatoms. The molecule has 0 rings (SSSR count). The monoisotopic (exact) mass is 635 g/mol. The zero-order valence-electron chi connectivity index (χ0n) is 30.4. The second-order valence-corrected chi connectivity index (χ2v) is 13.8. The molecule has 0 amide bonds. The second-order valence-electron chi connectivity index (χ2n) is 13.8. The van der Waals surface area contributed by atoms with Crippen LogP contribution >= 0.6 is 0 Å². The molecule has 0 aromatic rings.